The van der Waals surface area contributed by atoms with Crippen LogP contribution in [-0.4, -0.2) is 19.3 Å². The second-order valence-corrected chi connectivity index (χ2v) is 5.73. The van der Waals surface area contributed by atoms with Crippen molar-refractivity contribution in [3.8, 4) is 0 Å². The molecular formula is C14H23NOS. The molecule has 0 amide bonds. The van der Waals surface area contributed by atoms with Gasteiger partial charge in [0.15, 0.2) is 0 Å². The van der Waals surface area contributed by atoms with Crippen LogP contribution in [0.15, 0.2) is 17.5 Å². The average Bonchev–Trinajstić information content (AvgIpc) is 2.99. The number of ether oxygens (including phenoxy) is 1. The molecule has 2 rings (SSSR count). The highest BCUT2D eigenvalue weighted by Gasteiger charge is 2.27. The van der Waals surface area contributed by atoms with Crippen LogP contribution in [0.5, 0.6) is 0 Å². The lowest BCUT2D eigenvalue weighted by molar-refractivity contribution is 0.0866. The summed E-state index contributed by atoms with van der Waals surface area (Å²) in [7, 11) is 0. The topological polar surface area (TPSA) is 21.3 Å². The van der Waals surface area contributed by atoms with Crippen LogP contribution in [-0.2, 0) is 4.74 Å². The van der Waals surface area contributed by atoms with Gasteiger partial charge in [0.05, 0.1) is 6.10 Å². The van der Waals surface area contributed by atoms with Crippen molar-refractivity contribution in [3.63, 3.8) is 0 Å². The number of thiophene rings is 1. The van der Waals surface area contributed by atoms with E-state index in [2.05, 4.69) is 36.7 Å². The molecule has 0 radical (unpaired) electrons. The van der Waals surface area contributed by atoms with E-state index >= 15 is 0 Å². The zero-order chi connectivity index (χ0) is 12.1. The molecule has 0 aromatic carbocycles. The van der Waals surface area contributed by atoms with Crippen molar-refractivity contribution in [3.05, 3.63) is 22.4 Å². The molecule has 1 fully saturated rings. The maximum absolute atomic E-state index is 5.73. The Bertz CT molecular complexity index is 312. The van der Waals surface area contributed by atoms with Crippen molar-refractivity contribution in [2.75, 3.05) is 13.2 Å². The predicted molar refractivity (Wildman–Crippen MR) is 73.5 cm³/mol. The third-order valence-corrected chi connectivity index (χ3v) is 4.66. The summed E-state index contributed by atoms with van der Waals surface area (Å²) in [4.78, 5) is 1.46. The molecule has 3 unspecified atom stereocenters. The smallest absolute Gasteiger partial charge is 0.0613 e. The second-order valence-electron chi connectivity index (χ2n) is 4.75. The SMILES string of the molecule is CCC(NCC1CCOC1CC)c1cccs1. The highest BCUT2D eigenvalue weighted by atomic mass is 32.1. The molecule has 2 heterocycles. The summed E-state index contributed by atoms with van der Waals surface area (Å²) in [6.07, 6.45) is 3.99. The predicted octanol–water partition coefficient (Wildman–Crippen LogP) is 3.60. The number of hydrogen-bond donors (Lipinski definition) is 1. The first-order valence-corrected chi connectivity index (χ1v) is 7.61. The fraction of sp³-hybridized carbons (Fsp3) is 0.714. The van der Waals surface area contributed by atoms with Gasteiger partial charge in [0, 0.05) is 24.1 Å². The van der Waals surface area contributed by atoms with Gasteiger partial charge in [-0.2, -0.15) is 0 Å². The maximum Gasteiger partial charge on any atom is 0.0613 e. The summed E-state index contributed by atoms with van der Waals surface area (Å²) < 4.78 is 5.73. The highest BCUT2D eigenvalue weighted by molar-refractivity contribution is 7.10. The molecule has 17 heavy (non-hydrogen) atoms. The first kappa shape index (κ1) is 13.1. The Morgan fingerprint density at radius 2 is 2.41 bits per heavy atom. The summed E-state index contributed by atoms with van der Waals surface area (Å²) in [5.74, 6) is 0.703. The number of nitrogens with one attached hydrogen (secondary N) is 1. The summed E-state index contributed by atoms with van der Waals surface area (Å²) in [6, 6.07) is 4.89. The van der Waals surface area contributed by atoms with Gasteiger partial charge in [0.1, 0.15) is 0 Å². The van der Waals surface area contributed by atoms with Gasteiger partial charge in [-0.3, -0.25) is 0 Å². The largest absolute Gasteiger partial charge is 0.378 e. The Morgan fingerprint density at radius 1 is 1.53 bits per heavy atom. The lowest BCUT2D eigenvalue weighted by atomic mass is 9.99. The second kappa shape index (κ2) is 6.53. The summed E-state index contributed by atoms with van der Waals surface area (Å²) in [5.41, 5.74) is 0. The van der Waals surface area contributed by atoms with E-state index in [1.807, 2.05) is 11.3 Å². The molecule has 1 aromatic rings. The summed E-state index contributed by atoms with van der Waals surface area (Å²) in [6.45, 7) is 6.51. The standard InChI is InChI=1S/C14H23NOS/c1-3-12(14-6-5-9-17-14)15-10-11-7-8-16-13(11)4-2/h5-6,9,11-13,15H,3-4,7-8,10H2,1-2H3. The van der Waals surface area contributed by atoms with Crippen LogP contribution in [0, 0.1) is 5.92 Å². The van der Waals surface area contributed by atoms with E-state index in [0.717, 1.165) is 26.0 Å². The number of hydrogen-bond acceptors (Lipinski definition) is 3. The Balaban J connectivity index is 1.84. The van der Waals surface area contributed by atoms with Gasteiger partial charge in [-0.1, -0.05) is 19.9 Å². The zero-order valence-corrected chi connectivity index (χ0v) is 11.6. The fourth-order valence-electron chi connectivity index (χ4n) is 2.61. The minimum atomic E-state index is 0.475. The van der Waals surface area contributed by atoms with Crippen molar-refractivity contribution < 1.29 is 4.74 Å². The van der Waals surface area contributed by atoms with E-state index in [1.165, 1.54) is 11.3 Å². The van der Waals surface area contributed by atoms with Gasteiger partial charge in [-0.15, -0.1) is 11.3 Å². The average molecular weight is 253 g/mol. The molecule has 0 aliphatic carbocycles. The van der Waals surface area contributed by atoms with Crippen molar-refractivity contribution in [1.82, 2.24) is 5.32 Å². The Hall–Kier alpha value is -0.380. The molecule has 1 aliphatic heterocycles. The van der Waals surface area contributed by atoms with Crippen molar-refractivity contribution in [2.45, 2.75) is 45.3 Å². The van der Waals surface area contributed by atoms with Crippen LogP contribution >= 0.6 is 11.3 Å². The van der Waals surface area contributed by atoms with Gasteiger partial charge in [-0.25, -0.2) is 0 Å². The zero-order valence-electron chi connectivity index (χ0n) is 10.8. The molecule has 1 saturated heterocycles. The van der Waals surface area contributed by atoms with E-state index in [0.29, 0.717) is 18.1 Å². The molecule has 96 valence electrons. The fourth-order valence-corrected chi connectivity index (χ4v) is 3.49. The van der Waals surface area contributed by atoms with Crippen molar-refractivity contribution in [2.24, 2.45) is 5.92 Å². The monoisotopic (exact) mass is 253 g/mol. The normalized spacial score (nSPS) is 26.2. The number of rotatable bonds is 6. The van der Waals surface area contributed by atoms with Crippen LogP contribution in [0.4, 0.5) is 0 Å². The van der Waals surface area contributed by atoms with Gasteiger partial charge in [0.2, 0.25) is 0 Å². The molecule has 0 bridgehead atoms. The van der Waals surface area contributed by atoms with Crippen LogP contribution in [0.1, 0.15) is 44.0 Å². The van der Waals surface area contributed by atoms with Crippen LogP contribution in [0.25, 0.3) is 0 Å². The molecule has 0 spiro atoms. The minimum absolute atomic E-state index is 0.475. The van der Waals surface area contributed by atoms with Crippen molar-refractivity contribution >= 4 is 11.3 Å². The maximum atomic E-state index is 5.73. The van der Waals surface area contributed by atoms with Crippen LogP contribution in [0.2, 0.25) is 0 Å². The molecule has 0 saturated carbocycles. The molecule has 2 nitrogen and oxygen atoms in total. The molecule has 3 heteroatoms. The highest BCUT2D eigenvalue weighted by Crippen LogP contribution is 2.25. The van der Waals surface area contributed by atoms with E-state index in [9.17, 15) is 0 Å². The Kier molecular flexibility index (Phi) is 5.01. The third kappa shape index (κ3) is 3.30. The molecule has 3 atom stereocenters. The molecule has 1 N–H and O–H groups in total. The van der Waals surface area contributed by atoms with E-state index < -0.39 is 0 Å². The lowest BCUT2D eigenvalue weighted by Gasteiger charge is -2.21. The third-order valence-electron chi connectivity index (χ3n) is 3.67. The van der Waals surface area contributed by atoms with Gasteiger partial charge in [0.25, 0.3) is 0 Å². The molecule has 1 aliphatic rings. The first-order valence-electron chi connectivity index (χ1n) is 6.73. The Morgan fingerprint density at radius 3 is 3.06 bits per heavy atom. The van der Waals surface area contributed by atoms with E-state index in [4.69, 9.17) is 4.74 Å². The van der Waals surface area contributed by atoms with Crippen LogP contribution in [0.3, 0.4) is 0 Å². The van der Waals surface area contributed by atoms with Gasteiger partial charge < -0.3 is 10.1 Å². The van der Waals surface area contributed by atoms with Gasteiger partial charge >= 0.3 is 0 Å². The van der Waals surface area contributed by atoms with E-state index in [1.54, 1.807) is 0 Å². The van der Waals surface area contributed by atoms with E-state index in [-0.39, 0.29) is 0 Å². The summed E-state index contributed by atoms with van der Waals surface area (Å²) >= 11 is 1.85. The Labute approximate surface area is 108 Å². The van der Waals surface area contributed by atoms with Crippen molar-refractivity contribution in [1.29, 1.82) is 0 Å². The summed E-state index contributed by atoms with van der Waals surface area (Å²) in [5, 5.41) is 5.87. The quantitative estimate of drug-likeness (QED) is 0.836. The molecule has 1 aromatic heterocycles. The van der Waals surface area contributed by atoms with Gasteiger partial charge in [-0.05, 0) is 36.6 Å². The van der Waals surface area contributed by atoms with Crippen LogP contribution < -0.4 is 5.32 Å². The minimum Gasteiger partial charge on any atom is -0.378 e. The lowest BCUT2D eigenvalue weighted by Crippen LogP contribution is -2.30. The first-order chi connectivity index (χ1) is 8.35. The molecular weight excluding hydrogens is 230 g/mol.